The number of carbonyl (C=O) groups excluding carboxylic acids is 5. The Balaban J connectivity index is 0.946. The van der Waals surface area contributed by atoms with E-state index < -0.39 is 29.6 Å². The van der Waals surface area contributed by atoms with Crippen molar-refractivity contribution in [2.24, 2.45) is 5.41 Å². The molecule has 5 amide bonds. The van der Waals surface area contributed by atoms with Crippen molar-refractivity contribution >= 4 is 41.0 Å². The molecule has 6 rings (SSSR count). The number of nitrogens with zero attached hydrogens (tertiary/aromatic N) is 5. The van der Waals surface area contributed by atoms with Gasteiger partial charge in [0.2, 0.25) is 23.6 Å². The molecule has 17 nitrogen and oxygen atoms in total. The number of fused-ring (bicyclic) bond motifs is 2. The lowest BCUT2D eigenvalue weighted by molar-refractivity contribution is -0.144. The predicted molar refractivity (Wildman–Crippen MR) is 272 cm³/mol. The van der Waals surface area contributed by atoms with E-state index in [1.165, 1.54) is 22.8 Å². The molecule has 2 unspecified atom stereocenters. The summed E-state index contributed by atoms with van der Waals surface area (Å²) in [6.45, 7) is 15.0. The van der Waals surface area contributed by atoms with E-state index in [9.17, 15) is 28.4 Å². The first-order valence-corrected chi connectivity index (χ1v) is 25.5. The Labute approximate surface area is 418 Å². The molecule has 18 heteroatoms. The quantitative estimate of drug-likeness (QED) is 0.0529. The molecule has 2 aliphatic rings. The standard InChI is InChI=1S/C53H76FN11O6/c1-9-42(37-19-15-14-16-20-37)60-50(68)43-30-39(33-64(43)52(70)47(53(5,6)7)62-49(67)36(4)55-8)56-25-18-13-11-10-12-17-21-46(66)57-26-28-63-32-34(2)71-44-23-22-38(54)29-40(44)35(3)59-45-24-27-65-48(61-45)41(31-58-65)51(63)69/h14-16,19-20,22-24,27,29,31,34-36,39,42-43,47,55-56H,9-13,17-18,21,25-26,28,30,32-33H2,1-8H3,(H,57,66)(H,59,61)(H,60,68)(H,62,67)/t34-,35?,36-,39-,42+,43-,47?/m0/s1. The van der Waals surface area contributed by atoms with E-state index in [4.69, 9.17) is 4.74 Å². The molecule has 6 N–H and O–H groups in total. The summed E-state index contributed by atoms with van der Waals surface area (Å²) < 4.78 is 22.2. The van der Waals surface area contributed by atoms with Crippen molar-refractivity contribution in [2.45, 2.75) is 149 Å². The number of nitrogens with one attached hydrogen (secondary N) is 6. The molecule has 2 aromatic heterocycles. The summed E-state index contributed by atoms with van der Waals surface area (Å²) in [5, 5.41) is 23.4. The second-order valence-corrected chi connectivity index (χ2v) is 20.2. The minimum Gasteiger partial charge on any atom is -0.489 e. The molecule has 7 atom stereocenters. The Morgan fingerprint density at radius 3 is 2.39 bits per heavy atom. The van der Waals surface area contributed by atoms with Crippen LogP contribution in [0.3, 0.4) is 0 Å². The van der Waals surface area contributed by atoms with Crippen LogP contribution in [0.2, 0.25) is 0 Å². The number of amides is 5. The van der Waals surface area contributed by atoms with Gasteiger partial charge in [-0.2, -0.15) is 5.10 Å². The molecule has 0 aliphatic carbocycles. The normalized spacial score (nSPS) is 19.6. The van der Waals surface area contributed by atoms with Gasteiger partial charge in [-0.05, 0) is 95.3 Å². The lowest BCUT2D eigenvalue weighted by atomic mass is 9.85. The molecule has 2 aliphatic heterocycles. The third-order valence-electron chi connectivity index (χ3n) is 13.5. The van der Waals surface area contributed by atoms with Crippen LogP contribution in [0.5, 0.6) is 5.75 Å². The number of likely N-dealkylation sites (N-methyl/N-ethyl adjacent to an activating group) is 1. The van der Waals surface area contributed by atoms with Gasteiger partial charge in [-0.15, -0.1) is 0 Å². The summed E-state index contributed by atoms with van der Waals surface area (Å²) in [5.41, 5.74) is 1.72. The first kappa shape index (κ1) is 54.2. The molecular formula is C53H76FN11O6. The van der Waals surface area contributed by atoms with Crippen LogP contribution in [0, 0.1) is 11.2 Å². The first-order valence-electron chi connectivity index (χ1n) is 25.5. The molecule has 0 saturated carbocycles. The largest absolute Gasteiger partial charge is 0.489 e. The summed E-state index contributed by atoms with van der Waals surface area (Å²) in [4.78, 5) is 76.4. The zero-order chi connectivity index (χ0) is 51.2. The van der Waals surface area contributed by atoms with E-state index in [2.05, 4.69) is 42.0 Å². The van der Waals surface area contributed by atoms with Crippen LogP contribution in [-0.4, -0.2) is 124 Å². The topological polar surface area (TPSA) is 203 Å². The van der Waals surface area contributed by atoms with Crippen molar-refractivity contribution < 1.29 is 33.1 Å². The molecule has 0 spiro atoms. The van der Waals surface area contributed by atoms with Crippen LogP contribution in [0.15, 0.2) is 67.0 Å². The van der Waals surface area contributed by atoms with Gasteiger partial charge in [0.05, 0.1) is 30.9 Å². The molecular weight excluding hydrogens is 906 g/mol. The summed E-state index contributed by atoms with van der Waals surface area (Å²) >= 11 is 0. The fourth-order valence-electron chi connectivity index (χ4n) is 9.28. The van der Waals surface area contributed by atoms with E-state index in [0.717, 1.165) is 50.6 Å². The number of aromatic nitrogens is 3. The van der Waals surface area contributed by atoms with Crippen molar-refractivity contribution in [1.29, 1.82) is 0 Å². The lowest BCUT2D eigenvalue weighted by Gasteiger charge is -2.36. The zero-order valence-electron chi connectivity index (χ0n) is 42.9. The van der Waals surface area contributed by atoms with Crippen LogP contribution in [0.1, 0.15) is 140 Å². The number of likely N-dealkylation sites (tertiary alicyclic amines) is 1. The monoisotopic (exact) mass is 982 g/mol. The average molecular weight is 982 g/mol. The maximum Gasteiger partial charge on any atom is 0.259 e. The van der Waals surface area contributed by atoms with Crippen LogP contribution in [-0.2, 0) is 19.2 Å². The van der Waals surface area contributed by atoms with Crippen LogP contribution >= 0.6 is 0 Å². The fourth-order valence-corrected chi connectivity index (χ4v) is 9.28. The Hall–Kier alpha value is -6.14. The molecule has 1 saturated heterocycles. The van der Waals surface area contributed by atoms with Gasteiger partial charge in [0.25, 0.3) is 5.91 Å². The number of hydrogen-bond donors (Lipinski definition) is 6. The third-order valence-corrected chi connectivity index (χ3v) is 13.5. The SMILES string of the molecule is CC[C@@H](NC(=O)[C@@H]1C[C@H](NCCCCCCCCC(=O)NCCN2C[C@H](C)Oc3ccc(F)cc3C(C)Nc3ccn4ncc(c4n3)C2=O)CN1C(=O)C(NC(=O)[C@H](C)NC)C(C)(C)C)c1ccccc1. The summed E-state index contributed by atoms with van der Waals surface area (Å²) in [6, 6.07) is 13.3. The van der Waals surface area contributed by atoms with E-state index in [1.807, 2.05) is 71.9 Å². The molecule has 4 heterocycles. The maximum atomic E-state index is 14.4. The smallest absolute Gasteiger partial charge is 0.259 e. The van der Waals surface area contributed by atoms with Gasteiger partial charge in [0.15, 0.2) is 5.65 Å². The number of benzene rings is 2. The maximum absolute atomic E-state index is 14.4. The van der Waals surface area contributed by atoms with Crippen LogP contribution < -0.4 is 36.6 Å². The summed E-state index contributed by atoms with van der Waals surface area (Å²) in [5.74, 6) is -0.521. The highest BCUT2D eigenvalue weighted by Gasteiger charge is 2.45. The number of carbonyl (C=O) groups is 5. The van der Waals surface area contributed by atoms with Gasteiger partial charge >= 0.3 is 0 Å². The lowest BCUT2D eigenvalue weighted by Crippen LogP contribution is -2.59. The van der Waals surface area contributed by atoms with E-state index in [1.54, 1.807) is 42.1 Å². The van der Waals surface area contributed by atoms with Crippen molar-refractivity contribution in [2.75, 3.05) is 45.1 Å². The van der Waals surface area contributed by atoms with Crippen molar-refractivity contribution in [3.63, 3.8) is 0 Å². The number of hydrogen-bond acceptors (Lipinski definition) is 11. The van der Waals surface area contributed by atoms with Gasteiger partial charge < -0.3 is 46.4 Å². The highest BCUT2D eigenvalue weighted by atomic mass is 19.1. The second-order valence-electron chi connectivity index (χ2n) is 20.2. The Kier molecular flexibility index (Phi) is 19.3. The minimum atomic E-state index is -0.829. The summed E-state index contributed by atoms with van der Waals surface area (Å²) in [7, 11) is 1.70. The molecule has 386 valence electrons. The second kappa shape index (κ2) is 25.3. The Bertz CT molecular complexity index is 2430. The number of unbranched alkanes of at least 4 members (excludes halogenated alkanes) is 5. The van der Waals surface area contributed by atoms with Gasteiger partial charge in [-0.25, -0.2) is 13.9 Å². The van der Waals surface area contributed by atoms with Crippen molar-refractivity contribution in [3.05, 3.63) is 89.5 Å². The van der Waals surface area contributed by atoms with E-state index in [-0.39, 0.29) is 73.1 Å². The number of rotatable bonds is 21. The average Bonchev–Trinajstić information content (AvgIpc) is 3.98. The van der Waals surface area contributed by atoms with E-state index in [0.29, 0.717) is 54.1 Å². The number of anilines is 1. The van der Waals surface area contributed by atoms with E-state index >= 15 is 0 Å². The third kappa shape index (κ3) is 14.7. The number of halogens is 1. The Morgan fingerprint density at radius 2 is 1.68 bits per heavy atom. The van der Waals surface area contributed by atoms with Gasteiger partial charge in [-0.1, -0.05) is 83.7 Å². The van der Waals surface area contributed by atoms with Gasteiger partial charge in [0.1, 0.15) is 41.1 Å². The molecule has 71 heavy (non-hydrogen) atoms. The number of ether oxygens (including phenoxy) is 1. The fraction of sp³-hybridized carbons (Fsp3) is 0.566. The van der Waals surface area contributed by atoms with Crippen molar-refractivity contribution in [3.8, 4) is 5.75 Å². The Morgan fingerprint density at radius 1 is 0.944 bits per heavy atom. The van der Waals surface area contributed by atoms with Crippen LogP contribution in [0.4, 0.5) is 10.2 Å². The molecule has 2 aromatic carbocycles. The molecule has 0 radical (unpaired) electrons. The molecule has 1 fully saturated rings. The van der Waals surface area contributed by atoms with Crippen molar-refractivity contribution in [1.82, 2.24) is 51.0 Å². The molecule has 2 bridgehead atoms. The predicted octanol–water partition coefficient (Wildman–Crippen LogP) is 6.08. The highest BCUT2D eigenvalue weighted by molar-refractivity contribution is 6.00. The van der Waals surface area contributed by atoms with Crippen LogP contribution in [0.25, 0.3) is 5.65 Å². The highest BCUT2D eigenvalue weighted by Crippen LogP contribution is 2.31. The molecule has 4 aromatic rings. The first-order chi connectivity index (χ1) is 34.0. The zero-order valence-corrected chi connectivity index (χ0v) is 42.9. The minimum absolute atomic E-state index is 0.0832. The van der Waals surface area contributed by atoms with Gasteiger partial charge in [0, 0.05) is 43.9 Å². The summed E-state index contributed by atoms with van der Waals surface area (Å²) in [6.07, 6.45) is 9.81. The van der Waals surface area contributed by atoms with Gasteiger partial charge in [-0.3, -0.25) is 24.0 Å².